The van der Waals surface area contributed by atoms with Crippen LogP contribution < -0.4 is 4.74 Å². The van der Waals surface area contributed by atoms with E-state index in [1.165, 1.54) is 31.7 Å². The summed E-state index contributed by atoms with van der Waals surface area (Å²) >= 11 is 1.18. The molecule has 0 unspecified atom stereocenters. The van der Waals surface area contributed by atoms with Gasteiger partial charge in [0, 0.05) is 13.8 Å². The van der Waals surface area contributed by atoms with Gasteiger partial charge < -0.3 is 14.2 Å². The van der Waals surface area contributed by atoms with Crippen LogP contribution in [0.1, 0.15) is 25.0 Å². The van der Waals surface area contributed by atoms with Gasteiger partial charge in [0.05, 0.1) is 11.7 Å². The minimum Gasteiger partial charge on any atom is -0.489 e. The van der Waals surface area contributed by atoms with Crippen LogP contribution in [0.4, 0.5) is 0 Å². The lowest BCUT2D eigenvalue weighted by Gasteiger charge is -2.29. The molecule has 2 heterocycles. The van der Waals surface area contributed by atoms with E-state index in [-0.39, 0.29) is 5.57 Å². The highest BCUT2D eigenvalue weighted by Crippen LogP contribution is 2.25. The van der Waals surface area contributed by atoms with Gasteiger partial charge in [0.1, 0.15) is 29.0 Å². The van der Waals surface area contributed by atoms with E-state index < -0.39 is 17.7 Å². The minimum absolute atomic E-state index is 0.141. The summed E-state index contributed by atoms with van der Waals surface area (Å²) in [4.78, 5) is 24.0. The fourth-order valence-corrected chi connectivity index (χ4v) is 3.21. The Kier molecular flexibility index (Phi) is 4.56. The van der Waals surface area contributed by atoms with Crippen LogP contribution in [0.3, 0.4) is 0 Å². The molecule has 1 fully saturated rings. The first-order valence-corrected chi connectivity index (χ1v) is 9.25. The molecule has 8 heteroatoms. The Morgan fingerprint density at radius 2 is 1.68 bits per heavy atom. The molecule has 7 nitrogen and oxygen atoms in total. The Balaban J connectivity index is 1.43. The number of fused-ring (bicyclic) bond motifs is 1. The van der Waals surface area contributed by atoms with Crippen molar-refractivity contribution in [3.63, 3.8) is 0 Å². The second kappa shape index (κ2) is 7.05. The third-order valence-corrected chi connectivity index (χ3v) is 4.59. The van der Waals surface area contributed by atoms with Crippen molar-refractivity contribution in [2.45, 2.75) is 26.2 Å². The lowest BCUT2D eigenvalue weighted by Crippen LogP contribution is -2.41. The molecule has 0 N–H and O–H groups in total. The van der Waals surface area contributed by atoms with Crippen molar-refractivity contribution in [2.24, 2.45) is 0 Å². The Morgan fingerprint density at radius 1 is 1.00 bits per heavy atom. The highest BCUT2D eigenvalue weighted by molar-refractivity contribution is 7.00. The van der Waals surface area contributed by atoms with Gasteiger partial charge in [-0.2, -0.15) is 8.75 Å². The second-order valence-corrected chi connectivity index (χ2v) is 7.21. The average Bonchev–Trinajstić information content (AvgIpc) is 3.11. The number of benzene rings is 2. The summed E-state index contributed by atoms with van der Waals surface area (Å²) in [6.45, 7) is 3.41. The Bertz CT molecular complexity index is 1060. The van der Waals surface area contributed by atoms with Crippen molar-refractivity contribution in [1.29, 1.82) is 0 Å². The van der Waals surface area contributed by atoms with E-state index in [2.05, 4.69) is 8.75 Å². The Hall–Kier alpha value is -3.26. The summed E-state index contributed by atoms with van der Waals surface area (Å²) in [7, 11) is 0. The maximum atomic E-state index is 12.0. The van der Waals surface area contributed by atoms with Gasteiger partial charge in [-0.3, -0.25) is 0 Å². The van der Waals surface area contributed by atoms with Crippen molar-refractivity contribution in [2.75, 3.05) is 0 Å². The fourth-order valence-electron chi connectivity index (χ4n) is 2.69. The topological polar surface area (TPSA) is 87.6 Å². The third kappa shape index (κ3) is 3.86. The van der Waals surface area contributed by atoms with E-state index in [0.717, 1.165) is 16.6 Å². The summed E-state index contributed by atoms with van der Waals surface area (Å²) in [5, 5.41) is 0. The molecule has 2 aromatic carbocycles. The summed E-state index contributed by atoms with van der Waals surface area (Å²) in [5.74, 6) is -1.99. The van der Waals surface area contributed by atoms with E-state index in [9.17, 15) is 9.59 Å². The quantitative estimate of drug-likeness (QED) is 0.379. The molecule has 0 saturated carbocycles. The lowest BCUT2D eigenvalue weighted by molar-refractivity contribution is -0.222. The summed E-state index contributed by atoms with van der Waals surface area (Å²) in [6, 6.07) is 12.8. The zero-order chi connectivity index (χ0) is 19.7. The van der Waals surface area contributed by atoms with Crippen LogP contribution in [0, 0.1) is 0 Å². The number of ether oxygens (including phenoxy) is 3. The van der Waals surface area contributed by atoms with Gasteiger partial charge in [0.15, 0.2) is 0 Å². The van der Waals surface area contributed by atoms with Gasteiger partial charge in [-0.05, 0) is 41.5 Å². The zero-order valence-corrected chi connectivity index (χ0v) is 16.0. The minimum atomic E-state index is -1.25. The molecule has 0 amide bonds. The molecule has 1 saturated heterocycles. The van der Waals surface area contributed by atoms with Crippen molar-refractivity contribution in [1.82, 2.24) is 8.75 Å². The van der Waals surface area contributed by atoms with Crippen LogP contribution in [0.15, 0.2) is 48.0 Å². The van der Waals surface area contributed by atoms with E-state index in [1.807, 2.05) is 18.2 Å². The first kappa shape index (κ1) is 18.1. The lowest BCUT2D eigenvalue weighted by atomic mass is 10.1. The number of aromatic nitrogens is 2. The molecule has 3 aromatic rings. The first-order chi connectivity index (χ1) is 13.4. The molecule has 1 aliphatic rings. The molecule has 1 aromatic heterocycles. The summed E-state index contributed by atoms with van der Waals surface area (Å²) < 4.78 is 24.3. The predicted molar refractivity (Wildman–Crippen MR) is 102 cm³/mol. The van der Waals surface area contributed by atoms with Gasteiger partial charge in [0.2, 0.25) is 0 Å². The first-order valence-electron chi connectivity index (χ1n) is 8.52. The third-order valence-electron chi connectivity index (χ3n) is 4.03. The highest BCUT2D eigenvalue weighted by atomic mass is 32.1. The molecule has 0 radical (unpaired) electrons. The van der Waals surface area contributed by atoms with Gasteiger partial charge in [0.25, 0.3) is 5.79 Å². The number of hydrogen-bond donors (Lipinski definition) is 0. The highest BCUT2D eigenvalue weighted by Gasteiger charge is 2.38. The van der Waals surface area contributed by atoms with E-state index >= 15 is 0 Å². The molecule has 0 aliphatic carbocycles. The van der Waals surface area contributed by atoms with Gasteiger partial charge in [-0.15, -0.1) is 0 Å². The largest absolute Gasteiger partial charge is 0.489 e. The summed E-state index contributed by atoms with van der Waals surface area (Å²) in [6.07, 6.45) is 1.44. The van der Waals surface area contributed by atoms with Gasteiger partial charge >= 0.3 is 11.9 Å². The molecule has 0 spiro atoms. The van der Waals surface area contributed by atoms with Crippen LogP contribution in [0.5, 0.6) is 5.75 Å². The molecule has 28 heavy (non-hydrogen) atoms. The number of nitrogens with zero attached hydrogens (tertiary/aromatic N) is 2. The van der Waals surface area contributed by atoms with Crippen molar-refractivity contribution in [3.05, 3.63) is 59.2 Å². The second-order valence-electron chi connectivity index (χ2n) is 6.68. The zero-order valence-electron chi connectivity index (χ0n) is 15.2. The Morgan fingerprint density at radius 3 is 2.39 bits per heavy atom. The Labute approximate surface area is 164 Å². The smallest absolute Gasteiger partial charge is 0.348 e. The number of cyclic esters (lactones) is 2. The number of carbonyl (C=O) groups is 2. The average molecular weight is 396 g/mol. The van der Waals surface area contributed by atoms with Crippen molar-refractivity contribution in [3.8, 4) is 5.75 Å². The summed E-state index contributed by atoms with van der Waals surface area (Å²) in [5.41, 5.74) is 3.22. The fraction of sp³-hybridized carbons (Fsp3) is 0.200. The maximum absolute atomic E-state index is 12.0. The normalized spacial score (nSPS) is 15.9. The van der Waals surface area contributed by atoms with E-state index in [4.69, 9.17) is 14.2 Å². The monoisotopic (exact) mass is 396 g/mol. The molecular weight excluding hydrogens is 380 g/mol. The SMILES string of the molecule is CC1(C)OC(=O)C(=Cc2ccc(OCc3ccc4nsnc4c3)cc2)C(=O)O1. The standard InChI is InChI=1S/C20H16N2O5S/c1-20(2)26-18(23)15(19(24)27-20)9-12-3-6-14(7-4-12)25-11-13-5-8-16-17(10-13)22-28-21-16/h3-10H,11H2,1-2H3. The molecule has 1 aliphatic heterocycles. The molecule has 142 valence electrons. The van der Waals surface area contributed by atoms with Crippen molar-refractivity contribution < 1.29 is 23.8 Å². The number of hydrogen-bond acceptors (Lipinski definition) is 8. The predicted octanol–water partition coefficient (Wildman–Crippen LogP) is 3.49. The van der Waals surface area contributed by atoms with Crippen LogP contribution >= 0.6 is 11.7 Å². The number of rotatable bonds is 4. The van der Waals surface area contributed by atoms with Crippen LogP contribution in [-0.4, -0.2) is 26.5 Å². The number of carbonyl (C=O) groups excluding carboxylic acids is 2. The molecule has 0 atom stereocenters. The molecule has 4 rings (SSSR count). The van der Waals surface area contributed by atoms with Gasteiger partial charge in [-0.1, -0.05) is 18.2 Å². The van der Waals surface area contributed by atoms with Gasteiger partial charge in [-0.25, -0.2) is 9.59 Å². The van der Waals surface area contributed by atoms with E-state index in [1.54, 1.807) is 24.3 Å². The van der Waals surface area contributed by atoms with Crippen molar-refractivity contribution >= 4 is 40.8 Å². The molecular formula is C20H16N2O5S. The van der Waals surface area contributed by atoms with Crippen LogP contribution in [0.2, 0.25) is 0 Å². The van der Waals surface area contributed by atoms with Crippen LogP contribution in [-0.2, 0) is 25.7 Å². The van der Waals surface area contributed by atoms with Crippen LogP contribution in [0.25, 0.3) is 17.1 Å². The molecule has 0 bridgehead atoms. The number of esters is 2. The van der Waals surface area contributed by atoms with E-state index in [0.29, 0.717) is 17.9 Å². The maximum Gasteiger partial charge on any atom is 0.348 e.